The number of likely N-dealkylation sites (tertiary alicyclic amines) is 1. The molecule has 1 aromatic rings. The maximum absolute atomic E-state index is 5.96. The van der Waals surface area contributed by atoms with Crippen LogP contribution in [0, 0.1) is 5.92 Å². The molecule has 1 aliphatic rings. The smallest absolute Gasteiger partial charge is 0.165 e. The molecule has 0 aliphatic carbocycles. The van der Waals surface area contributed by atoms with E-state index in [2.05, 4.69) is 34.3 Å². The van der Waals surface area contributed by atoms with E-state index in [0.717, 1.165) is 38.4 Å². The molecule has 1 unspecified atom stereocenters. The highest BCUT2D eigenvalue weighted by Crippen LogP contribution is 2.20. The maximum atomic E-state index is 5.96. The van der Waals surface area contributed by atoms with Gasteiger partial charge in [0.25, 0.3) is 0 Å². The molecule has 2 rings (SSSR count). The van der Waals surface area contributed by atoms with E-state index in [-0.39, 0.29) is 0 Å². The van der Waals surface area contributed by atoms with Crippen LogP contribution in [-0.2, 0) is 13.1 Å². The van der Waals surface area contributed by atoms with Gasteiger partial charge in [0.2, 0.25) is 0 Å². The van der Waals surface area contributed by atoms with Gasteiger partial charge >= 0.3 is 0 Å². The zero-order valence-electron chi connectivity index (χ0n) is 11.4. The topological polar surface area (TPSA) is 72.9 Å². The largest absolute Gasteiger partial charge is 0.328 e. The number of nitrogens with zero attached hydrogens (tertiary/aromatic N) is 5. The fourth-order valence-electron chi connectivity index (χ4n) is 2.56. The Balaban J connectivity index is 1.85. The second kappa shape index (κ2) is 6.24. The lowest BCUT2D eigenvalue weighted by Crippen LogP contribution is -2.39. The Hall–Kier alpha value is -1.01. The summed E-state index contributed by atoms with van der Waals surface area (Å²) in [6.07, 6.45) is 3.44. The summed E-state index contributed by atoms with van der Waals surface area (Å²) in [5.74, 6) is 1.66. The number of piperidine rings is 1. The fourth-order valence-corrected chi connectivity index (χ4v) is 2.56. The molecular formula is C12H24N6. The summed E-state index contributed by atoms with van der Waals surface area (Å²) in [6.45, 7) is 8.22. The van der Waals surface area contributed by atoms with E-state index in [9.17, 15) is 0 Å². The fraction of sp³-hybridized carbons (Fsp3) is 0.917. The molecule has 6 nitrogen and oxygen atoms in total. The van der Waals surface area contributed by atoms with Crippen molar-refractivity contribution in [2.75, 3.05) is 13.1 Å². The van der Waals surface area contributed by atoms with Crippen LogP contribution in [0.2, 0.25) is 0 Å². The normalized spacial score (nSPS) is 20.2. The standard InChI is InChI=1S/C12H24N6/c1-3-6-18-12(14-15-16-18)9-17-7-4-11(5-8-17)10(2)13/h10-11H,3-9,13H2,1-2H3. The molecular weight excluding hydrogens is 228 g/mol. The lowest BCUT2D eigenvalue weighted by molar-refractivity contribution is 0.160. The first-order valence-electron chi connectivity index (χ1n) is 6.93. The highest BCUT2D eigenvalue weighted by atomic mass is 15.5. The van der Waals surface area contributed by atoms with E-state index < -0.39 is 0 Å². The highest BCUT2D eigenvalue weighted by Gasteiger charge is 2.22. The third-order valence-corrected chi connectivity index (χ3v) is 3.78. The van der Waals surface area contributed by atoms with Crippen LogP contribution in [0.4, 0.5) is 0 Å². The maximum Gasteiger partial charge on any atom is 0.165 e. The van der Waals surface area contributed by atoms with Crippen molar-refractivity contribution in [1.29, 1.82) is 0 Å². The molecule has 2 N–H and O–H groups in total. The van der Waals surface area contributed by atoms with Crippen LogP contribution in [0.5, 0.6) is 0 Å². The first-order chi connectivity index (χ1) is 8.70. The average molecular weight is 252 g/mol. The van der Waals surface area contributed by atoms with Crippen molar-refractivity contribution in [1.82, 2.24) is 25.1 Å². The van der Waals surface area contributed by atoms with Crippen molar-refractivity contribution >= 4 is 0 Å². The molecule has 1 saturated heterocycles. The summed E-state index contributed by atoms with van der Waals surface area (Å²) >= 11 is 0. The van der Waals surface area contributed by atoms with E-state index >= 15 is 0 Å². The molecule has 2 heterocycles. The number of aromatic nitrogens is 4. The van der Waals surface area contributed by atoms with Gasteiger partial charge in [-0.3, -0.25) is 4.90 Å². The Morgan fingerprint density at radius 2 is 2.11 bits per heavy atom. The summed E-state index contributed by atoms with van der Waals surface area (Å²) in [7, 11) is 0. The first kappa shape index (κ1) is 13.4. The number of nitrogens with two attached hydrogens (primary N) is 1. The number of rotatable bonds is 5. The first-order valence-corrected chi connectivity index (χ1v) is 6.93. The van der Waals surface area contributed by atoms with Crippen LogP contribution >= 0.6 is 0 Å². The van der Waals surface area contributed by atoms with Crippen molar-refractivity contribution in [2.24, 2.45) is 11.7 Å². The van der Waals surface area contributed by atoms with Gasteiger partial charge in [0.05, 0.1) is 6.54 Å². The second-order valence-electron chi connectivity index (χ2n) is 5.29. The van der Waals surface area contributed by atoms with E-state index in [1.54, 1.807) is 0 Å². The van der Waals surface area contributed by atoms with Gasteiger partial charge in [0.15, 0.2) is 5.82 Å². The van der Waals surface area contributed by atoms with Crippen LogP contribution in [0.25, 0.3) is 0 Å². The van der Waals surface area contributed by atoms with Gasteiger partial charge in [-0.15, -0.1) is 5.10 Å². The van der Waals surface area contributed by atoms with Gasteiger partial charge in [0, 0.05) is 12.6 Å². The van der Waals surface area contributed by atoms with Crippen molar-refractivity contribution in [3.8, 4) is 0 Å². The van der Waals surface area contributed by atoms with Gasteiger partial charge in [-0.1, -0.05) is 6.92 Å². The lowest BCUT2D eigenvalue weighted by Gasteiger charge is -2.33. The quantitative estimate of drug-likeness (QED) is 0.832. The Morgan fingerprint density at radius 3 is 2.72 bits per heavy atom. The Morgan fingerprint density at radius 1 is 1.39 bits per heavy atom. The van der Waals surface area contributed by atoms with Crippen LogP contribution in [0.3, 0.4) is 0 Å². The zero-order valence-corrected chi connectivity index (χ0v) is 11.4. The zero-order chi connectivity index (χ0) is 13.0. The summed E-state index contributed by atoms with van der Waals surface area (Å²) in [5.41, 5.74) is 5.96. The van der Waals surface area contributed by atoms with E-state index in [4.69, 9.17) is 5.73 Å². The molecule has 102 valence electrons. The molecule has 1 aromatic heterocycles. The molecule has 0 saturated carbocycles. The minimum absolute atomic E-state index is 0.317. The number of tetrazole rings is 1. The van der Waals surface area contributed by atoms with Crippen molar-refractivity contribution in [3.05, 3.63) is 5.82 Å². The van der Waals surface area contributed by atoms with Crippen molar-refractivity contribution in [2.45, 2.75) is 52.2 Å². The van der Waals surface area contributed by atoms with Crippen LogP contribution in [-0.4, -0.2) is 44.2 Å². The molecule has 0 amide bonds. The van der Waals surface area contributed by atoms with Gasteiger partial charge in [-0.2, -0.15) is 0 Å². The molecule has 6 heteroatoms. The lowest BCUT2D eigenvalue weighted by atomic mass is 9.91. The van der Waals surface area contributed by atoms with Gasteiger partial charge in [-0.05, 0) is 55.6 Å². The Bertz CT molecular complexity index is 353. The monoisotopic (exact) mass is 252 g/mol. The molecule has 1 atom stereocenters. The summed E-state index contributed by atoms with van der Waals surface area (Å²) in [5, 5.41) is 11.9. The van der Waals surface area contributed by atoms with Crippen molar-refractivity contribution < 1.29 is 0 Å². The SMILES string of the molecule is CCCn1nnnc1CN1CCC(C(C)N)CC1. The van der Waals surface area contributed by atoms with E-state index in [1.807, 2.05) is 4.68 Å². The number of aryl methyl sites for hydroxylation is 1. The van der Waals surface area contributed by atoms with Crippen LogP contribution in [0.15, 0.2) is 0 Å². The van der Waals surface area contributed by atoms with Crippen LogP contribution < -0.4 is 5.73 Å². The predicted octanol–water partition coefficient (Wildman–Crippen LogP) is 0.642. The minimum atomic E-state index is 0.317. The number of hydrogen-bond acceptors (Lipinski definition) is 5. The molecule has 1 aliphatic heterocycles. The highest BCUT2D eigenvalue weighted by molar-refractivity contribution is 4.84. The molecule has 18 heavy (non-hydrogen) atoms. The molecule has 0 aromatic carbocycles. The summed E-state index contributed by atoms with van der Waals surface area (Å²) < 4.78 is 1.91. The summed E-state index contributed by atoms with van der Waals surface area (Å²) in [6, 6.07) is 0.317. The van der Waals surface area contributed by atoms with E-state index in [1.165, 1.54) is 12.8 Å². The average Bonchev–Trinajstić information content (AvgIpc) is 2.78. The third-order valence-electron chi connectivity index (χ3n) is 3.78. The molecule has 0 spiro atoms. The Kier molecular flexibility index (Phi) is 4.66. The number of hydrogen-bond donors (Lipinski definition) is 1. The summed E-state index contributed by atoms with van der Waals surface area (Å²) in [4.78, 5) is 2.43. The van der Waals surface area contributed by atoms with Gasteiger partial charge < -0.3 is 5.73 Å². The predicted molar refractivity (Wildman–Crippen MR) is 69.8 cm³/mol. The Labute approximate surface area is 109 Å². The minimum Gasteiger partial charge on any atom is -0.328 e. The molecule has 0 bridgehead atoms. The van der Waals surface area contributed by atoms with Crippen LogP contribution in [0.1, 0.15) is 38.9 Å². The van der Waals surface area contributed by atoms with Gasteiger partial charge in [0.1, 0.15) is 0 Å². The van der Waals surface area contributed by atoms with E-state index in [0.29, 0.717) is 12.0 Å². The van der Waals surface area contributed by atoms with Crippen molar-refractivity contribution in [3.63, 3.8) is 0 Å². The second-order valence-corrected chi connectivity index (χ2v) is 5.29. The third kappa shape index (κ3) is 3.26. The molecule has 1 fully saturated rings. The van der Waals surface area contributed by atoms with Gasteiger partial charge in [-0.25, -0.2) is 4.68 Å². The molecule has 0 radical (unpaired) electrons.